The van der Waals surface area contributed by atoms with Crippen LogP contribution in [-0.2, 0) is 12.0 Å². The molecule has 25 heavy (non-hydrogen) atoms. The molecule has 0 amide bonds. The van der Waals surface area contributed by atoms with Gasteiger partial charge in [-0.2, -0.15) is 0 Å². The van der Waals surface area contributed by atoms with E-state index >= 15 is 0 Å². The predicted octanol–water partition coefficient (Wildman–Crippen LogP) is 3.86. The molecule has 6 heteroatoms. The van der Waals surface area contributed by atoms with E-state index in [2.05, 4.69) is 58.0 Å². The van der Waals surface area contributed by atoms with Crippen molar-refractivity contribution >= 4 is 29.9 Å². The van der Waals surface area contributed by atoms with Crippen molar-refractivity contribution in [3.8, 4) is 0 Å². The molecule has 1 heterocycles. The number of halogens is 1. The first-order valence-electron chi connectivity index (χ1n) is 8.79. The third kappa shape index (κ3) is 5.20. The van der Waals surface area contributed by atoms with Gasteiger partial charge in [-0.15, -0.1) is 24.0 Å². The zero-order valence-corrected chi connectivity index (χ0v) is 17.0. The summed E-state index contributed by atoms with van der Waals surface area (Å²) < 4.78 is 4.86. The van der Waals surface area contributed by atoms with Gasteiger partial charge >= 0.3 is 0 Å². The van der Waals surface area contributed by atoms with Gasteiger partial charge in [-0.3, -0.25) is 0 Å². The Kier molecular flexibility index (Phi) is 7.74. The molecule has 2 N–H and O–H groups in total. The molecule has 0 unspecified atom stereocenters. The van der Waals surface area contributed by atoms with Gasteiger partial charge in [0.25, 0.3) is 0 Å². The number of hydrogen-bond acceptors (Lipinski definition) is 3. The summed E-state index contributed by atoms with van der Waals surface area (Å²) in [7, 11) is 0. The number of nitrogens with zero attached hydrogens (tertiary/aromatic N) is 2. The van der Waals surface area contributed by atoms with Gasteiger partial charge in [0, 0.05) is 24.6 Å². The first kappa shape index (κ1) is 19.8. The molecule has 1 aliphatic rings. The average molecular weight is 454 g/mol. The summed E-state index contributed by atoms with van der Waals surface area (Å²) in [5, 5.41) is 10.8. The minimum absolute atomic E-state index is 0. The van der Waals surface area contributed by atoms with Crippen LogP contribution in [0.15, 0.2) is 52.2 Å². The molecular formula is C19H27IN4O. The van der Waals surface area contributed by atoms with Crippen molar-refractivity contribution in [2.75, 3.05) is 13.1 Å². The highest BCUT2D eigenvalue weighted by Crippen LogP contribution is 2.40. The van der Waals surface area contributed by atoms with E-state index in [1.807, 2.05) is 6.07 Å². The highest BCUT2D eigenvalue weighted by Gasteiger charge is 2.35. The Bertz CT molecular complexity index is 637. The first-order valence-corrected chi connectivity index (χ1v) is 8.79. The lowest BCUT2D eigenvalue weighted by Gasteiger charge is -2.30. The van der Waals surface area contributed by atoms with Gasteiger partial charge in [-0.25, -0.2) is 4.99 Å². The van der Waals surface area contributed by atoms with Gasteiger partial charge in [0.05, 0.1) is 6.54 Å². The van der Waals surface area contributed by atoms with Crippen molar-refractivity contribution in [1.29, 1.82) is 0 Å². The molecule has 0 bridgehead atoms. The molecule has 1 fully saturated rings. The Balaban J connectivity index is 0.00000225. The lowest BCUT2D eigenvalue weighted by molar-refractivity contribution is 0.411. The van der Waals surface area contributed by atoms with Crippen LogP contribution in [0, 0.1) is 0 Å². The van der Waals surface area contributed by atoms with Crippen molar-refractivity contribution in [2.24, 2.45) is 4.99 Å². The molecule has 1 saturated carbocycles. The van der Waals surface area contributed by atoms with Crippen molar-refractivity contribution in [2.45, 2.75) is 44.6 Å². The first-order chi connectivity index (χ1) is 11.8. The molecule has 3 rings (SSSR count). The lowest BCUT2D eigenvalue weighted by atomic mass is 9.79. The number of rotatable bonds is 6. The van der Waals surface area contributed by atoms with Crippen LogP contribution < -0.4 is 10.6 Å². The van der Waals surface area contributed by atoms with E-state index < -0.39 is 0 Å². The second-order valence-corrected chi connectivity index (χ2v) is 6.39. The molecule has 0 radical (unpaired) electrons. The van der Waals surface area contributed by atoms with Crippen molar-refractivity contribution in [3.05, 3.63) is 53.9 Å². The SMILES string of the molecule is CCNC(=NCc1ccon1)NCC1(c2ccccc2)CCCC1.I. The van der Waals surface area contributed by atoms with Gasteiger partial charge in [-0.1, -0.05) is 48.3 Å². The van der Waals surface area contributed by atoms with Crippen LogP contribution in [0.3, 0.4) is 0 Å². The van der Waals surface area contributed by atoms with Gasteiger partial charge in [0.1, 0.15) is 12.0 Å². The summed E-state index contributed by atoms with van der Waals surface area (Å²) >= 11 is 0. The number of nitrogens with one attached hydrogen (secondary N) is 2. The third-order valence-electron chi connectivity index (χ3n) is 4.78. The number of guanidine groups is 1. The summed E-state index contributed by atoms with van der Waals surface area (Å²) in [4.78, 5) is 4.61. The van der Waals surface area contributed by atoms with E-state index in [1.54, 1.807) is 6.26 Å². The quantitative estimate of drug-likeness (QED) is 0.396. The molecule has 0 aliphatic heterocycles. The molecule has 0 atom stereocenters. The zero-order valence-electron chi connectivity index (χ0n) is 14.7. The van der Waals surface area contributed by atoms with Crippen molar-refractivity contribution < 1.29 is 4.52 Å². The fraction of sp³-hybridized carbons (Fsp3) is 0.474. The van der Waals surface area contributed by atoms with Crippen LogP contribution in [0.1, 0.15) is 43.9 Å². The average Bonchev–Trinajstić information content (AvgIpc) is 3.31. The maximum Gasteiger partial charge on any atom is 0.191 e. The molecule has 1 aliphatic carbocycles. The van der Waals surface area contributed by atoms with Crippen LogP contribution >= 0.6 is 24.0 Å². The molecule has 0 saturated heterocycles. The minimum atomic E-state index is 0. The Hall–Kier alpha value is -1.57. The molecule has 1 aromatic carbocycles. The maximum atomic E-state index is 4.86. The Morgan fingerprint density at radius 1 is 1.16 bits per heavy atom. The van der Waals surface area contributed by atoms with Crippen LogP contribution in [-0.4, -0.2) is 24.2 Å². The number of aromatic nitrogens is 1. The van der Waals surface area contributed by atoms with Gasteiger partial charge in [-0.05, 0) is 25.3 Å². The number of aliphatic imine (C=N–C) groups is 1. The second-order valence-electron chi connectivity index (χ2n) is 6.39. The van der Waals surface area contributed by atoms with Crippen molar-refractivity contribution in [1.82, 2.24) is 15.8 Å². The highest BCUT2D eigenvalue weighted by atomic mass is 127. The van der Waals surface area contributed by atoms with E-state index in [9.17, 15) is 0 Å². The summed E-state index contributed by atoms with van der Waals surface area (Å²) in [5.41, 5.74) is 2.49. The molecular weight excluding hydrogens is 427 g/mol. The lowest BCUT2D eigenvalue weighted by Crippen LogP contribution is -2.44. The van der Waals surface area contributed by atoms with Crippen LogP contribution in [0.25, 0.3) is 0 Å². The minimum Gasteiger partial charge on any atom is -0.364 e. The highest BCUT2D eigenvalue weighted by molar-refractivity contribution is 14.0. The summed E-state index contributed by atoms with van der Waals surface area (Å²) in [6.07, 6.45) is 6.62. The van der Waals surface area contributed by atoms with Gasteiger partial charge in [0.2, 0.25) is 0 Å². The second kappa shape index (κ2) is 9.79. The number of benzene rings is 1. The Morgan fingerprint density at radius 2 is 1.92 bits per heavy atom. The van der Waals surface area contributed by atoms with Crippen LogP contribution in [0.2, 0.25) is 0 Å². The molecule has 136 valence electrons. The third-order valence-corrected chi connectivity index (χ3v) is 4.78. The Morgan fingerprint density at radius 3 is 2.56 bits per heavy atom. The Labute approximate surface area is 166 Å². The molecule has 2 aromatic rings. The topological polar surface area (TPSA) is 62.5 Å². The van der Waals surface area contributed by atoms with E-state index in [-0.39, 0.29) is 29.4 Å². The summed E-state index contributed by atoms with van der Waals surface area (Å²) in [6.45, 7) is 4.34. The van der Waals surface area contributed by atoms with Crippen LogP contribution in [0.5, 0.6) is 0 Å². The summed E-state index contributed by atoms with van der Waals surface area (Å²) in [6, 6.07) is 12.7. The van der Waals surface area contributed by atoms with Crippen molar-refractivity contribution in [3.63, 3.8) is 0 Å². The standard InChI is InChI=1S/C19H26N4O.HI/c1-2-20-18(21-14-17-10-13-24-23-17)22-15-19(11-6-7-12-19)16-8-4-3-5-9-16;/h3-5,8-10,13H,2,6-7,11-12,14-15H2,1H3,(H2,20,21,22);1H. The van der Waals surface area contributed by atoms with Gasteiger partial charge in [0.15, 0.2) is 5.96 Å². The van der Waals surface area contributed by atoms with Gasteiger partial charge < -0.3 is 15.2 Å². The largest absolute Gasteiger partial charge is 0.364 e. The predicted molar refractivity (Wildman–Crippen MR) is 111 cm³/mol. The normalized spacial score (nSPS) is 16.3. The smallest absolute Gasteiger partial charge is 0.191 e. The maximum absolute atomic E-state index is 4.86. The van der Waals surface area contributed by atoms with E-state index in [1.165, 1.54) is 31.2 Å². The fourth-order valence-corrected chi connectivity index (χ4v) is 3.48. The zero-order chi connectivity index (χ0) is 16.7. The summed E-state index contributed by atoms with van der Waals surface area (Å²) in [5.74, 6) is 0.836. The number of hydrogen-bond donors (Lipinski definition) is 2. The fourth-order valence-electron chi connectivity index (χ4n) is 3.48. The molecule has 5 nitrogen and oxygen atoms in total. The molecule has 0 spiro atoms. The molecule has 1 aromatic heterocycles. The van der Waals surface area contributed by atoms with Crippen LogP contribution in [0.4, 0.5) is 0 Å². The monoisotopic (exact) mass is 454 g/mol. The van der Waals surface area contributed by atoms with E-state index in [0.717, 1.165) is 24.7 Å². The van der Waals surface area contributed by atoms with E-state index in [4.69, 9.17) is 4.52 Å². The van der Waals surface area contributed by atoms with E-state index in [0.29, 0.717) is 6.54 Å².